The van der Waals surface area contributed by atoms with E-state index < -0.39 is 27.8 Å². The van der Waals surface area contributed by atoms with Crippen molar-refractivity contribution >= 4 is 43.2 Å². The normalized spacial score (nSPS) is 12.4. The van der Waals surface area contributed by atoms with Gasteiger partial charge >= 0.3 is 6.18 Å². The van der Waals surface area contributed by atoms with Gasteiger partial charge in [0.15, 0.2) is 0 Å². The molecule has 0 spiro atoms. The summed E-state index contributed by atoms with van der Waals surface area (Å²) in [4.78, 5) is 16.5. The van der Waals surface area contributed by atoms with Gasteiger partial charge in [-0.15, -0.1) is 11.3 Å². The number of amides is 1. The number of hydrogen-bond acceptors (Lipinski definition) is 5. The Morgan fingerprint density at radius 3 is 2.38 bits per heavy atom. The molecule has 2 aromatic heterocycles. The lowest BCUT2D eigenvalue weighted by atomic mass is 10.1. The molecule has 0 saturated heterocycles. The summed E-state index contributed by atoms with van der Waals surface area (Å²) in [6, 6.07) is 4.80. The van der Waals surface area contributed by atoms with Gasteiger partial charge in [0.1, 0.15) is 10.5 Å². The molecule has 0 bridgehead atoms. The van der Waals surface area contributed by atoms with E-state index in [0.29, 0.717) is 22.1 Å². The molecule has 3 rings (SSSR count). The lowest BCUT2D eigenvalue weighted by Gasteiger charge is -2.12. The van der Waals surface area contributed by atoms with Crippen molar-refractivity contribution in [1.82, 2.24) is 4.98 Å². The first kappa shape index (κ1) is 21.2. The zero-order chi connectivity index (χ0) is 21.7. The van der Waals surface area contributed by atoms with Crippen LogP contribution in [0.15, 0.2) is 29.2 Å². The van der Waals surface area contributed by atoms with Crippen molar-refractivity contribution in [3.05, 3.63) is 51.5 Å². The van der Waals surface area contributed by atoms with Crippen molar-refractivity contribution in [2.45, 2.75) is 31.8 Å². The highest BCUT2D eigenvalue weighted by Gasteiger charge is 2.33. The third-order valence-corrected chi connectivity index (χ3v) is 6.61. The number of alkyl halides is 3. The van der Waals surface area contributed by atoms with Crippen LogP contribution >= 0.6 is 11.3 Å². The summed E-state index contributed by atoms with van der Waals surface area (Å²) < 4.78 is 62.0. The number of halogens is 3. The van der Waals surface area contributed by atoms with E-state index in [1.165, 1.54) is 18.2 Å². The number of thiophene rings is 1. The standard InChI is InChI=1S/C18H16F3N3O3S2/c1-8-6-11(29(22,26)27)7-13(9(8)2)23-16(25)15-10(3)12-4-5-14(18(19,20)21)24-17(12)28-15/h4-7H,1-3H3,(H,23,25)(H2,22,26,27). The minimum Gasteiger partial charge on any atom is -0.321 e. The second-order valence-electron chi connectivity index (χ2n) is 6.52. The molecular formula is C18H16F3N3O3S2. The minimum atomic E-state index is -4.59. The summed E-state index contributed by atoms with van der Waals surface area (Å²) in [5.74, 6) is -0.576. The minimum absolute atomic E-state index is 0.0914. The number of nitrogens with two attached hydrogens (primary N) is 1. The fourth-order valence-electron chi connectivity index (χ4n) is 2.77. The van der Waals surface area contributed by atoms with Gasteiger partial charge in [0.2, 0.25) is 10.0 Å². The molecule has 3 N–H and O–H groups in total. The van der Waals surface area contributed by atoms with Gasteiger partial charge in [-0.3, -0.25) is 4.79 Å². The van der Waals surface area contributed by atoms with E-state index >= 15 is 0 Å². The number of benzene rings is 1. The topological polar surface area (TPSA) is 102 Å². The Bertz CT molecular complexity index is 1250. The smallest absolute Gasteiger partial charge is 0.321 e. The van der Waals surface area contributed by atoms with Crippen LogP contribution < -0.4 is 10.5 Å². The van der Waals surface area contributed by atoms with Gasteiger partial charge in [0.05, 0.1) is 9.77 Å². The molecule has 154 valence electrons. The van der Waals surface area contributed by atoms with Crippen LogP contribution in [0.1, 0.15) is 32.1 Å². The number of primary sulfonamides is 1. The Morgan fingerprint density at radius 2 is 1.79 bits per heavy atom. The maximum absolute atomic E-state index is 12.9. The summed E-state index contributed by atoms with van der Waals surface area (Å²) in [6.45, 7) is 4.99. The molecule has 29 heavy (non-hydrogen) atoms. The van der Waals surface area contributed by atoms with E-state index in [-0.39, 0.29) is 20.3 Å². The van der Waals surface area contributed by atoms with Crippen molar-refractivity contribution < 1.29 is 26.4 Å². The number of fused-ring (bicyclic) bond motifs is 1. The molecule has 1 amide bonds. The number of aryl methyl sites for hydroxylation is 2. The van der Waals surface area contributed by atoms with Crippen LogP contribution in [0.4, 0.5) is 18.9 Å². The summed E-state index contributed by atoms with van der Waals surface area (Å²) in [7, 11) is -3.98. The van der Waals surface area contributed by atoms with Gasteiger partial charge in [-0.05, 0) is 61.7 Å². The molecule has 0 aliphatic heterocycles. The number of nitrogens with one attached hydrogen (secondary N) is 1. The van der Waals surface area contributed by atoms with Crippen LogP contribution in [0.5, 0.6) is 0 Å². The van der Waals surface area contributed by atoms with E-state index in [9.17, 15) is 26.4 Å². The second-order valence-corrected chi connectivity index (χ2v) is 9.08. The Morgan fingerprint density at radius 1 is 1.14 bits per heavy atom. The Labute approximate surface area is 168 Å². The second kappa shape index (κ2) is 7.08. The highest BCUT2D eigenvalue weighted by atomic mass is 32.2. The van der Waals surface area contributed by atoms with Gasteiger partial charge in [0, 0.05) is 11.1 Å². The average Bonchev–Trinajstić information content (AvgIpc) is 2.93. The van der Waals surface area contributed by atoms with Gasteiger partial charge in [-0.1, -0.05) is 0 Å². The van der Waals surface area contributed by atoms with Crippen LogP contribution in [-0.4, -0.2) is 19.3 Å². The van der Waals surface area contributed by atoms with E-state index in [1.54, 1.807) is 20.8 Å². The van der Waals surface area contributed by atoms with E-state index in [4.69, 9.17) is 5.14 Å². The van der Waals surface area contributed by atoms with E-state index in [0.717, 1.165) is 17.4 Å². The number of anilines is 1. The predicted molar refractivity (Wildman–Crippen MR) is 105 cm³/mol. The molecule has 3 aromatic rings. The van der Waals surface area contributed by atoms with Crippen LogP contribution in [0.2, 0.25) is 0 Å². The van der Waals surface area contributed by atoms with Crippen LogP contribution in [0.25, 0.3) is 10.2 Å². The van der Waals surface area contributed by atoms with Crippen molar-refractivity contribution in [1.29, 1.82) is 0 Å². The van der Waals surface area contributed by atoms with Gasteiger partial charge in [-0.25, -0.2) is 18.5 Å². The maximum atomic E-state index is 12.9. The average molecular weight is 443 g/mol. The molecule has 0 atom stereocenters. The third-order valence-electron chi connectivity index (χ3n) is 4.52. The number of rotatable bonds is 3. The number of hydrogen-bond donors (Lipinski definition) is 2. The van der Waals surface area contributed by atoms with Crippen LogP contribution in [-0.2, 0) is 16.2 Å². The first-order valence-corrected chi connectivity index (χ1v) is 10.6. The monoisotopic (exact) mass is 443 g/mol. The van der Waals surface area contributed by atoms with E-state index in [2.05, 4.69) is 10.3 Å². The molecule has 0 aliphatic rings. The van der Waals surface area contributed by atoms with Gasteiger partial charge < -0.3 is 5.32 Å². The molecule has 11 heteroatoms. The lowest BCUT2D eigenvalue weighted by molar-refractivity contribution is -0.140. The number of nitrogens with zero attached hydrogens (tertiary/aromatic N) is 1. The van der Waals surface area contributed by atoms with Crippen molar-refractivity contribution in [3.63, 3.8) is 0 Å². The fraction of sp³-hybridized carbons (Fsp3) is 0.222. The molecule has 0 fully saturated rings. The molecule has 6 nitrogen and oxygen atoms in total. The quantitative estimate of drug-likeness (QED) is 0.635. The molecule has 2 heterocycles. The zero-order valence-corrected chi connectivity index (χ0v) is 17.1. The Balaban J connectivity index is 2.03. The van der Waals surface area contributed by atoms with E-state index in [1.807, 2.05) is 0 Å². The number of aromatic nitrogens is 1. The number of sulfonamides is 1. The highest BCUT2D eigenvalue weighted by molar-refractivity contribution is 7.89. The number of carbonyl (C=O) groups is 1. The third kappa shape index (κ3) is 4.11. The predicted octanol–water partition coefficient (Wildman–Crippen LogP) is 4.14. The molecule has 1 aromatic carbocycles. The van der Waals surface area contributed by atoms with Crippen molar-refractivity contribution in [2.24, 2.45) is 5.14 Å². The summed E-state index contributed by atoms with van der Waals surface area (Å²) in [5, 5.41) is 8.24. The molecule has 0 unspecified atom stereocenters. The van der Waals surface area contributed by atoms with Gasteiger partial charge in [0.25, 0.3) is 5.91 Å². The van der Waals surface area contributed by atoms with Gasteiger partial charge in [-0.2, -0.15) is 13.2 Å². The maximum Gasteiger partial charge on any atom is 0.433 e. The highest BCUT2D eigenvalue weighted by Crippen LogP contribution is 2.35. The van der Waals surface area contributed by atoms with Crippen molar-refractivity contribution in [2.75, 3.05) is 5.32 Å². The first-order chi connectivity index (χ1) is 13.3. The molecular weight excluding hydrogens is 427 g/mol. The summed E-state index contributed by atoms with van der Waals surface area (Å²) >= 11 is 0.835. The number of carbonyl (C=O) groups excluding carboxylic acids is 1. The summed E-state index contributed by atoms with van der Waals surface area (Å²) in [6.07, 6.45) is -4.59. The fourth-order valence-corrected chi connectivity index (χ4v) is 4.47. The molecule has 0 radical (unpaired) electrons. The SMILES string of the molecule is Cc1cc(S(N)(=O)=O)cc(NC(=O)c2sc3nc(C(F)(F)F)ccc3c2C)c1C. The molecule has 0 saturated carbocycles. The lowest BCUT2D eigenvalue weighted by Crippen LogP contribution is -2.16. The molecule has 0 aliphatic carbocycles. The summed E-state index contributed by atoms with van der Waals surface area (Å²) in [5.41, 5.74) is 0.949. The van der Waals surface area contributed by atoms with Crippen LogP contribution in [0.3, 0.4) is 0 Å². The largest absolute Gasteiger partial charge is 0.433 e. The van der Waals surface area contributed by atoms with Crippen LogP contribution in [0, 0.1) is 20.8 Å². The number of pyridine rings is 1. The Hall–Kier alpha value is -2.50. The van der Waals surface area contributed by atoms with Crippen molar-refractivity contribution in [3.8, 4) is 0 Å². The zero-order valence-electron chi connectivity index (χ0n) is 15.5. The Kier molecular flexibility index (Phi) is 5.18. The first-order valence-electron chi connectivity index (χ1n) is 8.22.